The summed E-state index contributed by atoms with van der Waals surface area (Å²) in [5, 5.41) is 9.31. The Labute approximate surface area is 115 Å². The summed E-state index contributed by atoms with van der Waals surface area (Å²) in [6, 6.07) is -0.432. The van der Waals surface area contributed by atoms with Gasteiger partial charge in [-0.1, -0.05) is 26.7 Å². The molecule has 1 rings (SSSR count). The Bertz CT molecular complexity index is 323. The van der Waals surface area contributed by atoms with Crippen LogP contribution in [0.5, 0.6) is 0 Å². The number of nitrogens with zero attached hydrogens (tertiary/aromatic N) is 1. The smallest absolute Gasteiger partial charge is 0.309 e. The molecule has 1 aliphatic rings. The summed E-state index contributed by atoms with van der Waals surface area (Å²) in [6.07, 6.45) is 4.37. The number of carbonyl (C=O) groups is 2. The van der Waals surface area contributed by atoms with Gasteiger partial charge in [-0.3, -0.25) is 9.59 Å². The van der Waals surface area contributed by atoms with Crippen molar-refractivity contribution < 1.29 is 14.7 Å². The average Bonchev–Trinajstić information content (AvgIpc) is 2.43. The van der Waals surface area contributed by atoms with E-state index in [0.717, 1.165) is 12.8 Å². The second-order valence-corrected chi connectivity index (χ2v) is 5.51. The zero-order valence-corrected chi connectivity index (χ0v) is 12.0. The van der Waals surface area contributed by atoms with Crippen LogP contribution in [0.2, 0.25) is 0 Å². The molecule has 1 atom stereocenters. The Morgan fingerprint density at radius 3 is 2.32 bits per heavy atom. The highest BCUT2D eigenvalue weighted by Crippen LogP contribution is 2.35. The molecule has 1 saturated heterocycles. The highest BCUT2D eigenvalue weighted by atomic mass is 16.4. The third-order valence-electron chi connectivity index (χ3n) is 4.35. The lowest BCUT2D eigenvalue weighted by Gasteiger charge is -2.39. The van der Waals surface area contributed by atoms with Crippen LogP contribution in [0.1, 0.15) is 52.4 Å². The van der Waals surface area contributed by atoms with Crippen molar-refractivity contribution in [1.82, 2.24) is 4.90 Å². The second kappa shape index (κ2) is 6.89. The normalized spacial score (nSPS) is 20.1. The molecule has 0 aromatic rings. The fraction of sp³-hybridized carbons (Fsp3) is 0.857. The largest absolute Gasteiger partial charge is 0.481 e. The van der Waals surface area contributed by atoms with Crippen LogP contribution in [-0.4, -0.2) is 41.0 Å². The molecule has 5 heteroatoms. The van der Waals surface area contributed by atoms with E-state index < -0.39 is 17.4 Å². The van der Waals surface area contributed by atoms with Gasteiger partial charge in [0.05, 0.1) is 11.5 Å². The molecule has 19 heavy (non-hydrogen) atoms. The van der Waals surface area contributed by atoms with Gasteiger partial charge in [-0.2, -0.15) is 0 Å². The minimum atomic E-state index is -0.739. The maximum absolute atomic E-state index is 12.1. The zero-order valence-electron chi connectivity index (χ0n) is 12.0. The van der Waals surface area contributed by atoms with Crippen molar-refractivity contribution in [2.45, 2.75) is 58.4 Å². The van der Waals surface area contributed by atoms with E-state index >= 15 is 0 Å². The number of likely N-dealkylation sites (tertiary alicyclic amines) is 1. The van der Waals surface area contributed by atoms with E-state index in [2.05, 4.69) is 6.92 Å². The van der Waals surface area contributed by atoms with Crippen molar-refractivity contribution in [2.24, 2.45) is 11.1 Å². The first-order chi connectivity index (χ1) is 8.96. The van der Waals surface area contributed by atoms with Crippen molar-refractivity contribution in [3.63, 3.8) is 0 Å². The van der Waals surface area contributed by atoms with Crippen LogP contribution in [0.15, 0.2) is 0 Å². The average molecular weight is 270 g/mol. The molecule has 1 fully saturated rings. The van der Waals surface area contributed by atoms with Crippen LogP contribution in [0.25, 0.3) is 0 Å². The monoisotopic (exact) mass is 270 g/mol. The Balaban J connectivity index is 2.53. The summed E-state index contributed by atoms with van der Waals surface area (Å²) in [7, 11) is 0. The molecule has 0 radical (unpaired) electrons. The summed E-state index contributed by atoms with van der Waals surface area (Å²) >= 11 is 0. The van der Waals surface area contributed by atoms with Gasteiger partial charge in [-0.15, -0.1) is 0 Å². The number of piperidine rings is 1. The molecular formula is C14H26N2O3. The molecule has 5 nitrogen and oxygen atoms in total. The third-order valence-corrected chi connectivity index (χ3v) is 4.35. The molecule has 0 aliphatic carbocycles. The quantitative estimate of drug-likeness (QED) is 0.768. The number of rotatable bonds is 6. The standard InChI is InChI=1S/C14H26N2O3/c1-3-5-6-11(15)12(17)16-9-7-14(4-2,8-10-16)13(18)19/h11H,3-10,15H2,1-2H3,(H,18,19). The van der Waals surface area contributed by atoms with Gasteiger partial charge in [0.15, 0.2) is 0 Å². The number of carbonyl (C=O) groups excluding carboxylic acids is 1. The maximum Gasteiger partial charge on any atom is 0.309 e. The van der Waals surface area contributed by atoms with E-state index in [9.17, 15) is 14.7 Å². The van der Waals surface area contributed by atoms with Gasteiger partial charge in [0, 0.05) is 13.1 Å². The number of hydrogen-bond donors (Lipinski definition) is 2. The zero-order chi connectivity index (χ0) is 14.5. The molecule has 1 unspecified atom stereocenters. The number of aliphatic carboxylic acids is 1. The van der Waals surface area contributed by atoms with E-state index in [0.29, 0.717) is 38.8 Å². The van der Waals surface area contributed by atoms with Crippen molar-refractivity contribution in [1.29, 1.82) is 0 Å². The lowest BCUT2D eigenvalue weighted by Crippen LogP contribution is -2.51. The molecule has 1 heterocycles. The number of hydrogen-bond acceptors (Lipinski definition) is 3. The van der Waals surface area contributed by atoms with Crippen LogP contribution in [0, 0.1) is 5.41 Å². The molecular weight excluding hydrogens is 244 g/mol. The number of amides is 1. The summed E-state index contributed by atoms with van der Waals surface area (Å²) in [4.78, 5) is 25.2. The van der Waals surface area contributed by atoms with Crippen LogP contribution in [0.3, 0.4) is 0 Å². The van der Waals surface area contributed by atoms with E-state index in [1.54, 1.807) is 4.90 Å². The number of carboxylic acids is 1. The lowest BCUT2D eigenvalue weighted by atomic mass is 9.76. The Morgan fingerprint density at radius 2 is 1.89 bits per heavy atom. The predicted octanol–water partition coefficient (Wildman–Crippen LogP) is 1.61. The van der Waals surface area contributed by atoms with Gasteiger partial charge in [0.25, 0.3) is 0 Å². The van der Waals surface area contributed by atoms with Crippen LogP contribution in [-0.2, 0) is 9.59 Å². The molecule has 0 aromatic carbocycles. The van der Waals surface area contributed by atoms with E-state index in [1.807, 2.05) is 6.92 Å². The lowest BCUT2D eigenvalue weighted by molar-refractivity contribution is -0.154. The minimum absolute atomic E-state index is 0.0245. The van der Waals surface area contributed by atoms with Crippen LogP contribution >= 0.6 is 0 Å². The summed E-state index contributed by atoms with van der Waals surface area (Å²) in [5.41, 5.74) is 5.24. The molecule has 1 amide bonds. The fourth-order valence-corrected chi connectivity index (χ4v) is 2.66. The number of carboxylic acid groups (broad SMARTS) is 1. The predicted molar refractivity (Wildman–Crippen MR) is 73.7 cm³/mol. The molecule has 0 aromatic heterocycles. The molecule has 3 N–H and O–H groups in total. The number of nitrogens with two attached hydrogens (primary N) is 1. The molecule has 0 spiro atoms. The van der Waals surface area contributed by atoms with Crippen molar-refractivity contribution in [3.05, 3.63) is 0 Å². The Kier molecular flexibility index (Phi) is 5.79. The summed E-state index contributed by atoms with van der Waals surface area (Å²) < 4.78 is 0. The summed E-state index contributed by atoms with van der Waals surface area (Å²) in [5.74, 6) is -0.763. The first kappa shape index (κ1) is 16.0. The van der Waals surface area contributed by atoms with Gasteiger partial charge >= 0.3 is 5.97 Å². The molecule has 0 bridgehead atoms. The topological polar surface area (TPSA) is 83.6 Å². The number of unbranched alkanes of at least 4 members (excludes halogenated alkanes) is 1. The second-order valence-electron chi connectivity index (χ2n) is 5.51. The van der Waals surface area contributed by atoms with E-state index in [1.165, 1.54) is 0 Å². The SMILES string of the molecule is CCCCC(N)C(=O)N1CCC(CC)(C(=O)O)CC1. The van der Waals surface area contributed by atoms with Crippen molar-refractivity contribution in [3.8, 4) is 0 Å². The van der Waals surface area contributed by atoms with Gasteiger partial charge < -0.3 is 15.7 Å². The van der Waals surface area contributed by atoms with Gasteiger partial charge in [0.1, 0.15) is 0 Å². The fourth-order valence-electron chi connectivity index (χ4n) is 2.66. The maximum atomic E-state index is 12.1. The Hall–Kier alpha value is -1.10. The van der Waals surface area contributed by atoms with Gasteiger partial charge in [-0.25, -0.2) is 0 Å². The third kappa shape index (κ3) is 3.69. The summed E-state index contributed by atoms with van der Waals surface area (Å²) in [6.45, 7) is 5.00. The van der Waals surface area contributed by atoms with Crippen LogP contribution < -0.4 is 5.73 Å². The van der Waals surface area contributed by atoms with Crippen molar-refractivity contribution in [2.75, 3.05) is 13.1 Å². The molecule has 0 saturated carbocycles. The highest BCUT2D eigenvalue weighted by Gasteiger charge is 2.41. The first-order valence-corrected chi connectivity index (χ1v) is 7.24. The Morgan fingerprint density at radius 1 is 1.32 bits per heavy atom. The molecule has 1 aliphatic heterocycles. The highest BCUT2D eigenvalue weighted by molar-refractivity contribution is 5.82. The van der Waals surface area contributed by atoms with Crippen molar-refractivity contribution >= 4 is 11.9 Å². The minimum Gasteiger partial charge on any atom is -0.481 e. The van der Waals surface area contributed by atoms with E-state index in [-0.39, 0.29) is 5.91 Å². The first-order valence-electron chi connectivity index (χ1n) is 7.24. The molecule has 110 valence electrons. The van der Waals surface area contributed by atoms with E-state index in [4.69, 9.17) is 5.73 Å². The van der Waals surface area contributed by atoms with Gasteiger partial charge in [0.2, 0.25) is 5.91 Å². The van der Waals surface area contributed by atoms with Gasteiger partial charge in [-0.05, 0) is 25.7 Å². The van der Waals surface area contributed by atoms with Crippen LogP contribution in [0.4, 0.5) is 0 Å².